The van der Waals surface area contributed by atoms with Crippen LogP contribution in [0.15, 0.2) is 53.3 Å². The lowest BCUT2D eigenvalue weighted by Crippen LogP contribution is -2.43. The number of fused-ring (bicyclic) bond motifs is 1. The summed E-state index contributed by atoms with van der Waals surface area (Å²) in [6.07, 6.45) is 11.2. The first-order valence-electron chi connectivity index (χ1n) is 16.9. The maximum absolute atomic E-state index is 14.3. The third-order valence-electron chi connectivity index (χ3n) is 7.64. The van der Waals surface area contributed by atoms with Gasteiger partial charge in [-0.05, 0) is 55.2 Å². The first-order valence-corrected chi connectivity index (χ1v) is 17.5. The van der Waals surface area contributed by atoms with Gasteiger partial charge in [-0.25, -0.2) is 9.37 Å². The number of nitrogens with two attached hydrogens (primary N) is 1. The Balaban J connectivity index is 0.00000125. The molecule has 2 unspecified atom stereocenters. The van der Waals surface area contributed by atoms with Gasteiger partial charge in [0, 0.05) is 19.1 Å². The van der Waals surface area contributed by atoms with Crippen LogP contribution in [-0.2, 0) is 34.8 Å². The monoisotopic (exact) mass is 711 g/mol. The molecule has 2 aromatic carbocycles. The molecule has 4 rings (SSSR count). The van der Waals surface area contributed by atoms with Crippen LogP contribution in [0.3, 0.4) is 0 Å². The van der Waals surface area contributed by atoms with Gasteiger partial charge in [-0.15, -0.1) is 12.8 Å². The Hall–Kier alpha value is -4.18. The fourth-order valence-corrected chi connectivity index (χ4v) is 4.90. The van der Waals surface area contributed by atoms with Gasteiger partial charge in [-0.3, -0.25) is 19.0 Å². The van der Waals surface area contributed by atoms with Crippen LogP contribution in [0.2, 0.25) is 0 Å². The van der Waals surface area contributed by atoms with Crippen molar-refractivity contribution in [2.24, 2.45) is 5.73 Å². The molecule has 1 aliphatic rings. The summed E-state index contributed by atoms with van der Waals surface area (Å²) in [5, 5.41) is 3.35. The summed E-state index contributed by atoms with van der Waals surface area (Å²) < 4.78 is 27.5. The summed E-state index contributed by atoms with van der Waals surface area (Å²) in [4.78, 5) is 45.2. The van der Waals surface area contributed by atoms with Gasteiger partial charge in [0.15, 0.2) is 5.69 Å². The number of amides is 2. The third kappa shape index (κ3) is 12.3. The molecule has 1 aliphatic heterocycles. The molecule has 2 atom stereocenters. The number of hydrogen-bond acceptors (Lipinski definition) is 8. The van der Waals surface area contributed by atoms with Crippen LogP contribution < -0.4 is 26.2 Å². The highest BCUT2D eigenvalue weighted by Gasteiger charge is 2.35. The van der Waals surface area contributed by atoms with Gasteiger partial charge in [0.05, 0.1) is 18.8 Å². The molecule has 0 saturated carbocycles. The van der Waals surface area contributed by atoms with E-state index in [0.717, 1.165) is 12.0 Å². The lowest BCUT2D eigenvalue weighted by molar-refractivity contribution is -0.107. The number of ether oxygens (including phenoxy) is 2. The highest BCUT2D eigenvalue weighted by atomic mass is 32.1. The van der Waals surface area contributed by atoms with Crippen LogP contribution in [0.25, 0.3) is 0 Å². The van der Waals surface area contributed by atoms with Crippen molar-refractivity contribution in [3.8, 4) is 18.6 Å². The van der Waals surface area contributed by atoms with Crippen molar-refractivity contribution in [1.29, 1.82) is 0 Å². The molecule has 0 fully saturated rings. The average molecular weight is 712 g/mol. The van der Waals surface area contributed by atoms with E-state index in [-0.39, 0.29) is 43.7 Å². The van der Waals surface area contributed by atoms with E-state index in [1.165, 1.54) is 34.1 Å². The van der Waals surface area contributed by atoms with Gasteiger partial charge in [0.25, 0.3) is 11.5 Å². The molecule has 2 amide bonds. The second-order valence-corrected chi connectivity index (χ2v) is 12.5. The van der Waals surface area contributed by atoms with Gasteiger partial charge in [0.2, 0.25) is 12.2 Å². The number of carbonyl (C=O) groups is 2. The molecule has 2 heterocycles. The van der Waals surface area contributed by atoms with Crippen molar-refractivity contribution in [3.63, 3.8) is 0 Å². The molecule has 0 aliphatic carbocycles. The molecule has 50 heavy (non-hydrogen) atoms. The molecule has 0 spiro atoms. The first kappa shape index (κ1) is 43.8. The normalized spacial score (nSPS) is 13.6. The minimum absolute atomic E-state index is 0.0611. The number of nitrogens with one attached hydrogen (secondary N) is 1. The predicted octanol–water partition coefficient (Wildman–Crippen LogP) is 6.24. The van der Waals surface area contributed by atoms with Crippen molar-refractivity contribution < 1.29 is 23.5 Å². The van der Waals surface area contributed by atoms with Crippen LogP contribution in [0, 0.1) is 18.7 Å². The van der Waals surface area contributed by atoms with Crippen LogP contribution >= 0.6 is 12.6 Å². The molecular weight excluding hydrogens is 658 g/mol. The van der Waals surface area contributed by atoms with Gasteiger partial charge in [-0.1, -0.05) is 77.4 Å². The van der Waals surface area contributed by atoms with E-state index in [1.54, 1.807) is 13.8 Å². The highest BCUT2D eigenvalue weighted by Crippen LogP contribution is 2.29. The van der Waals surface area contributed by atoms with E-state index in [1.807, 2.05) is 51.1 Å². The van der Waals surface area contributed by atoms with Crippen molar-refractivity contribution in [2.75, 3.05) is 18.1 Å². The average Bonchev–Trinajstić information content (AvgIpc) is 3.13. The maximum Gasteiger partial charge on any atom is 0.296 e. The number of anilines is 1. The molecule has 274 valence electrons. The fourth-order valence-electron chi connectivity index (χ4n) is 4.90. The second-order valence-electron chi connectivity index (χ2n) is 11.6. The number of carbonyl (C=O) groups excluding carboxylic acids is 2. The van der Waals surface area contributed by atoms with E-state index in [0.29, 0.717) is 41.8 Å². The Kier molecular flexibility index (Phi) is 19.7. The molecule has 0 saturated heterocycles. The molecule has 0 bridgehead atoms. The number of terminal acetylenes is 1. The first-order chi connectivity index (χ1) is 24.0. The van der Waals surface area contributed by atoms with Crippen LogP contribution in [-0.4, -0.2) is 46.3 Å². The minimum Gasteiger partial charge on any atom is -0.481 e. The Morgan fingerprint density at radius 3 is 2.42 bits per heavy atom. The molecule has 1 aromatic heterocycles. The van der Waals surface area contributed by atoms with Crippen LogP contribution in [0.4, 0.5) is 10.1 Å². The van der Waals surface area contributed by atoms with Gasteiger partial charge in [-0.2, -0.15) is 12.6 Å². The fraction of sp³-hybridized carbons (Fsp3) is 0.474. The summed E-state index contributed by atoms with van der Waals surface area (Å²) in [5.74, 6) is -1.05. The minimum atomic E-state index is -0.907. The van der Waals surface area contributed by atoms with Gasteiger partial charge in [0.1, 0.15) is 23.8 Å². The molecule has 0 radical (unpaired) electrons. The maximum atomic E-state index is 14.3. The number of thiol groups is 1. The van der Waals surface area contributed by atoms with Crippen molar-refractivity contribution in [1.82, 2.24) is 14.9 Å². The Bertz CT molecular complexity index is 1560. The quantitative estimate of drug-likeness (QED) is 0.109. The molecule has 3 aromatic rings. The summed E-state index contributed by atoms with van der Waals surface area (Å²) in [6, 6.07) is 12.9. The Morgan fingerprint density at radius 2 is 1.86 bits per heavy atom. The van der Waals surface area contributed by atoms with E-state index >= 15 is 0 Å². The van der Waals surface area contributed by atoms with E-state index < -0.39 is 22.9 Å². The number of aromatic nitrogens is 2. The van der Waals surface area contributed by atoms with E-state index in [4.69, 9.17) is 15.2 Å². The van der Waals surface area contributed by atoms with Crippen LogP contribution in [0.1, 0.15) is 95.2 Å². The van der Waals surface area contributed by atoms with Crippen molar-refractivity contribution >= 4 is 30.6 Å². The zero-order chi connectivity index (χ0) is 37.9. The third-order valence-corrected chi connectivity index (χ3v) is 8.01. The number of rotatable bonds is 13. The highest BCUT2D eigenvalue weighted by molar-refractivity contribution is 7.80. The Morgan fingerprint density at radius 1 is 1.22 bits per heavy atom. The lowest BCUT2D eigenvalue weighted by atomic mass is 10.1. The summed E-state index contributed by atoms with van der Waals surface area (Å²) in [6.45, 7) is 14.5. The molecule has 10 nitrogen and oxygen atoms in total. The standard InChI is InChI=1S/C30H36FN5O5.C4H10S.C2H6.C2H2/c1-4-8-23(16-32)36(19-37)24-15-22(31)12-11-21(24)17-33-27(38)25-26(40-18-20-9-6-5-7-10-20)28(39)35-13-14-41-30(2,3)29(35)34-25;1-3-4(2)5;2*1-2/h5-7,9-12,15,19,23H,4,8,13-14,16-18,32H2,1-3H3,(H,33,38);4-5H,3H2,1-2H3;1-2H3;1-2H. The lowest BCUT2D eigenvalue weighted by Gasteiger charge is -2.33. The SMILES string of the molecule is C#C.CC.CCC(C)S.CCCC(CN)N(C=O)c1cc(F)ccc1CNC(=O)c1nc2n(c(=O)c1OCc1ccccc1)CCOC2(C)C. The summed E-state index contributed by atoms with van der Waals surface area (Å²) in [7, 11) is 0. The Labute approximate surface area is 302 Å². The molecule has 3 N–H and O–H groups in total. The number of halogens is 1. The van der Waals surface area contributed by atoms with Crippen LogP contribution in [0.5, 0.6) is 5.75 Å². The zero-order valence-electron chi connectivity index (χ0n) is 30.4. The van der Waals surface area contributed by atoms with E-state index in [2.05, 4.69) is 49.6 Å². The smallest absolute Gasteiger partial charge is 0.296 e. The second kappa shape index (κ2) is 22.5. The summed E-state index contributed by atoms with van der Waals surface area (Å²) in [5.41, 5.74) is 5.95. The predicted molar refractivity (Wildman–Crippen MR) is 202 cm³/mol. The van der Waals surface area contributed by atoms with E-state index in [9.17, 15) is 18.8 Å². The molecule has 12 heteroatoms. The number of hydrogen-bond donors (Lipinski definition) is 3. The largest absolute Gasteiger partial charge is 0.481 e. The topological polar surface area (TPSA) is 129 Å². The number of benzene rings is 2. The van der Waals surface area contributed by atoms with Crippen molar-refractivity contribution in [2.45, 2.75) is 104 Å². The summed E-state index contributed by atoms with van der Waals surface area (Å²) >= 11 is 4.10. The molecular formula is C38H54FN5O5S. The van der Waals surface area contributed by atoms with Gasteiger partial charge >= 0.3 is 0 Å². The van der Waals surface area contributed by atoms with Gasteiger partial charge < -0.3 is 25.4 Å². The number of nitrogens with zero attached hydrogens (tertiary/aromatic N) is 3. The zero-order valence-corrected chi connectivity index (χ0v) is 31.3. The van der Waals surface area contributed by atoms with Crippen molar-refractivity contribution in [3.05, 3.63) is 87.3 Å².